The van der Waals surface area contributed by atoms with Gasteiger partial charge in [0, 0.05) is 5.38 Å². The smallest absolute Gasteiger partial charge is 0.309 e. The maximum Gasteiger partial charge on any atom is 0.309 e. The second kappa shape index (κ2) is 3.63. The van der Waals surface area contributed by atoms with Crippen molar-refractivity contribution in [1.82, 2.24) is 4.98 Å². The van der Waals surface area contributed by atoms with E-state index in [4.69, 9.17) is 9.52 Å². The Morgan fingerprint density at radius 3 is 3.14 bits per heavy atom. The van der Waals surface area contributed by atoms with Crippen LogP contribution in [-0.2, 0) is 11.2 Å². The lowest BCUT2D eigenvalue weighted by atomic mass is 10.3. The minimum atomic E-state index is -0.874. The number of aromatic nitrogens is 1. The van der Waals surface area contributed by atoms with Crippen LogP contribution < -0.4 is 0 Å². The summed E-state index contributed by atoms with van der Waals surface area (Å²) in [5, 5.41) is 11.0. The normalized spacial score (nSPS) is 10.3. The van der Waals surface area contributed by atoms with E-state index in [9.17, 15) is 4.79 Å². The molecule has 14 heavy (non-hydrogen) atoms. The maximum absolute atomic E-state index is 10.4. The Hall–Kier alpha value is -1.62. The fourth-order valence-electron chi connectivity index (χ4n) is 1.06. The van der Waals surface area contributed by atoms with Crippen molar-refractivity contribution in [3.8, 4) is 10.8 Å². The molecule has 0 amide bonds. The van der Waals surface area contributed by atoms with Gasteiger partial charge in [0.25, 0.3) is 0 Å². The molecule has 0 saturated heterocycles. The number of nitrogens with zero attached hydrogens (tertiary/aromatic N) is 1. The molecule has 0 aliphatic heterocycles. The first-order valence-electron chi connectivity index (χ1n) is 3.96. The Morgan fingerprint density at radius 1 is 1.64 bits per heavy atom. The molecule has 1 N–H and O–H groups in total. The maximum atomic E-state index is 10.4. The van der Waals surface area contributed by atoms with Crippen LogP contribution in [-0.4, -0.2) is 16.1 Å². The Labute approximate surface area is 83.8 Å². The number of carboxylic acid groups (broad SMARTS) is 1. The number of rotatable bonds is 3. The van der Waals surface area contributed by atoms with Crippen molar-refractivity contribution in [1.29, 1.82) is 0 Å². The first kappa shape index (κ1) is 8.96. The Kier molecular flexibility index (Phi) is 2.32. The summed E-state index contributed by atoms with van der Waals surface area (Å²) in [5.74, 6) is -0.201. The largest absolute Gasteiger partial charge is 0.481 e. The van der Waals surface area contributed by atoms with E-state index in [0.29, 0.717) is 16.5 Å². The first-order chi connectivity index (χ1) is 6.75. The number of aliphatic carboxylic acids is 1. The van der Waals surface area contributed by atoms with Crippen LogP contribution in [0.15, 0.2) is 28.2 Å². The van der Waals surface area contributed by atoms with Crippen molar-refractivity contribution >= 4 is 17.3 Å². The third kappa shape index (κ3) is 1.82. The van der Waals surface area contributed by atoms with E-state index in [-0.39, 0.29) is 6.42 Å². The SMILES string of the molecule is O=C(O)Cc1csc(-c2ccco2)n1. The molecule has 2 rings (SSSR count). The summed E-state index contributed by atoms with van der Waals surface area (Å²) in [4.78, 5) is 14.5. The van der Waals surface area contributed by atoms with Gasteiger partial charge in [-0.05, 0) is 12.1 Å². The van der Waals surface area contributed by atoms with Crippen molar-refractivity contribution in [3.63, 3.8) is 0 Å². The van der Waals surface area contributed by atoms with E-state index in [1.54, 1.807) is 23.8 Å². The van der Waals surface area contributed by atoms with Crippen LogP contribution in [0.5, 0.6) is 0 Å². The van der Waals surface area contributed by atoms with Crippen LogP contribution in [0.1, 0.15) is 5.69 Å². The highest BCUT2D eigenvalue weighted by Gasteiger charge is 2.08. The topological polar surface area (TPSA) is 63.3 Å². The van der Waals surface area contributed by atoms with E-state index >= 15 is 0 Å². The van der Waals surface area contributed by atoms with Crippen LogP contribution in [0, 0.1) is 0 Å². The van der Waals surface area contributed by atoms with Gasteiger partial charge in [-0.15, -0.1) is 11.3 Å². The van der Waals surface area contributed by atoms with Crippen LogP contribution in [0.3, 0.4) is 0 Å². The summed E-state index contributed by atoms with van der Waals surface area (Å²) >= 11 is 1.38. The average Bonchev–Trinajstić information content (AvgIpc) is 2.69. The third-order valence-electron chi connectivity index (χ3n) is 1.62. The van der Waals surface area contributed by atoms with Gasteiger partial charge in [-0.3, -0.25) is 4.79 Å². The van der Waals surface area contributed by atoms with Crippen molar-refractivity contribution in [2.24, 2.45) is 0 Å². The first-order valence-corrected chi connectivity index (χ1v) is 4.84. The highest BCUT2D eigenvalue weighted by molar-refractivity contribution is 7.13. The van der Waals surface area contributed by atoms with Gasteiger partial charge in [-0.1, -0.05) is 0 Å². The molecule has 2 heterocycles. The molecule has 0 bridgehead atoms. The highest BCUT2D eigenvalue weighted by Crippen LogP contribution is 2.23. The van der Waals surface area contributed by atoms with Gasteiger partial charge in [0.1, 0.15) is 0 Å². The lowest BCUT2D eigenvalue weighted by Gasteiger charge is -1.88. The van der Waals surface area contributed by atoms with Gasteiger partial charge in [0.05, 0.1) is 18.4 Å². The summed E-state index contributed by atoms with van der Waals surface area (Å²) in [7, 11) is 0. The summed E-state index contributed by atoms with van der Waals surface area (Å²) in [6.07, 6.45) is 1.52. The van der Waals surface area contributed by atoms with Crippen molar-refractivity contribution < 1.29 is 14.3 Å². The Morgan fingerprint density at radius 2 is 2.50 bits per heavy atom. The monoisotopic (exact) mass is 209 g/mol. The molecule has 2 aromatic heterocycles. The molecule has 0 atom stereocenters. The zero-order valence-electron chi connectivity index (χ0n) is 7.14. The van der Waals surface area contributed by atoms with Crippen molar-refractivity contribution in [2.45, 2.75) is 6.42 Å². The van der Waals surface area contributed by atoms with E-state index in [1.807, 2.05) is 0 Å². The predicted molar refractivity (Wildman–Crippen MR) is 51.2 cm³/mol. The van der Waals surface area contributed by atoms with E-state index in [1.165, 1.54) is 11.3 Å². The number of hydrogen-bond acceptors (Lipinski definition) is 4. The van der Waals surface area contributed by atoms with Gasteiger partial charge < -0.3 is 9.52 Å². The van der Waals surface area contributed by atoms with Gasteiger partial charge >= 0.3 is 5.97 Å². The van der Waals surface area contributed by atoms with Crippen LogP contribution >= 0.6 is 11.3 Å². The molecular formula is C9H7NO3S. The number of hydrogen-bond donors (Lipinski definition) is 1. The second-order valence-electron chi connectivity index (χ2n) is 2.69. The summed E-state index contributed by atoms with van der Waals surface area (Å²) in [5.41, 5.74) is 0.564. The Balaban J connectivity index is 2.22. The molecule has 0 aliphatic carbocycles. The van der Waals surface area contributed by atoms with E-state index in [2.05, 4.69) is 4.98 Å². The summed E-state index contributed by atoms with van der Waals surface area (Å²) < 4.78 is 5.14. The van der Waals surface area contributed by atoms with Crippen LogP contribution in [0.25, 0.3) is 10.8 Å². The molecule has 0 aromatic carbocycles. The number of thiazole rings is 1. The predicted octanol–water partition coefficient (Wildman–Crippen LogP) is 2.03. The molecule has 0 unspecified atom stereocenters. The van der Waals surface area contributed by atoms with Crippen LogP contribution in [0.4, 0.5) is 0 Å². The zero-order valence-corrected chi connectivity index (χ0v) is 7.95. The highest BCUT2D eigenvalue weighted by atomic mass is 32.1. The number of carboxylic acids is 1. The molecule has 0 fully saturated rings. The Bertz CT molecular complexity index is 433. The van der Waals surface area contributed by atoms with Gasteiger partial charge in [0.2, 0.25) is 0 Å². The molecule has 0 spiro atoms. The average molecular weight is 209 g/mol. The molecule has 5 heteroatoms. The summed E-state index contributed by atoms with van der Waals surface area (Å²) in [6.45, 7) is 0. The van der Waals surface area contributed by atoms with Crippen molar-refractivity contribution in [2.75, 3.05) is 0 Å². The quantitative estimate of drug-likeness (QED) is 0.840. The minimum Gasteiger partial charge on any atom is -0.481 e. The molecule has 72 valence electrons. The molecular weight excluding hydrogens is 202 g/mol. The minimum absolute atomic E-state index is 0.0444. The number of carbonyl (C=O) groups is 1. The zero-order chi connectivity index (χ0) is 9.97. The van der Waals surface area contributed by atoms with Crippen LogP contribution in [0.2, 0.25) is 0 Å². The molecule has 0 saturated carbocycles. The lowest BCUT2D eigenvalue weighted by molar-refractivity contribution is -0.136. The molecule has 4 nitrogen and oxygen atoms in total. The van der Waals surface area contributed by atoms with Crippen molar-refractivity contribution in [3.05, 3.63) is 29.5 Å². The summed E-state index contributed by atoms with van der Waals surface area (Å²) in [6, 6.07) is 3.57. The lowest BCUT2D eigenvalue weighted by Crippen LogP contribution is -1.99. The third-order valence-corrected chi connectivity index (χ3v) is 2.52. The van der Waals surface area contributed by atoms with E-state index in [0.717, 1.165) is 0 Å². The van der Waals surface area contributed by atoms with E-state index < -0.39 is 5.97 Å². The van der Waals surface area contributed by atoms with Gasteiger partial charge in [0.15, 0.2) is 10.8 Å². The molecule has 0 aliphatic rings. The molecule has 2 aromatic rings. The fraction of sp³-hybridized carbons (Fsp3) is 0.111. The molecule has 0 radical (unpaired) electrons. The fourth-order valence-corrected chi connectivity index (χ4v) is 1.84. The van der Waals surface area contributed by atoms with Gasteiger partial charge in [-0.25, -0.2) is 4.98 Å². The second-order valence-corrected chi connectivity index (χ2v) is 3.55. The standard InChI is InChI=1S/C9H7NO3S/c11-8(12)4-6-5-14-9(10-6)7-2-1-3-13-7/h1-3,5H,4H2,(H,11,12). The number of furan rings is 1. The van der Waals surface area contributed by atoms with Gasteiger partial charge in [-0.2, -0.15) is 0 Å².